The Morgan fingerprint density at radius 2 is 2.00 bits per heavy atom. The molecule has 1 aliphatic heterocycles. The fraction of sp³-hybridized carbons (Fsp3) is 0.750. The van der Waals surface area contributed by atoms with Gasteiger partial charge in [0, 0.05) is 5.41 Å². The molecule has 0 aliphatic carbocycles. The van der Waals surface area contributed by atoms with Gasteiger partial charge in [0.25, 0.3) is 0 Å². The SMILES string of the molecule is CC(C)=CCCC(C)=CCC(C)(C)[C@@H]1[NH2+]CCO1. The lowest BCUT2D eigenvalue weighted by molar-refractivity contribution is -0.704. The van der Waals surface area contributed by atoms with Crippen LogP contribution in [0, 0.1) is 5.41 Å². The van der Waals surface area contributed by atoms with Gasteiger partial charge in [0.1, 0.15) is 13.2 Å². The molecule has 1 aliphatic rings. The molecule has 0 aromatic rings. The van der Waals surface area contributed by atoms with E-state index in [4.69, 9.17) is 4.74 Å². The van der Waals surface area contributed by atoms with Gasteiger partial charge in [-0.15, -0.1) is 0 Å². The summed E-state index contributed by atoms with van der Waals surface area (Å²) in [6.45, 7) is 13.2. The lowest BCUT2D eigenvalue weighted by Crippen LogP contribution is -2.89. The molecule has 1 saturated heterocycles. The van der Waals surface area contributed by atoms with Crippen molar-refractivity contribution in [3.05, 3.63) is 23.3 Å². The minimum Gasteiger partial charge on any atom is -0.323 e. The zero-order valence-electron chi connectivity index (χ0n) is 12.8. The minimum atomic E-state index is 0.230. The summed E-state index contributed by atoms with van der Waals surface area (Å²) in [4.78, 5) is 0. The third-order valence-corrected chi connectivity index (χ3v) is 3.63. The topological polar surface area (TPSA) is 25.8 Å². The van der Waals surface area contributed by atoms with Crippen molar-refractivity contribution >= 4 is 0 Å². The molecule has 2 nitrogen and oxygen atoms in total. The summed E-state index contributed by atoms with van der Waals surface area (Å²) in [5.41, 5.74) is 3.14. The van der Waals surface area contributed by atoms with Crippen LogP contribution in [0.3, 0.4) is 0 Å². The maximum absolute atomic E-state index is 5.77. The molecule has 1 atom stereocenters. The van der Waals surface area contributed by atoms with Crippen LogP contribution in [0.4, 0.5) is 0 Å². The molecule has 1 rings (SSSR count). The summed E-state index contributed by atoms with van der Waals surface area (Å²) < 4.78 is 5.77. The Labute approximate surface area is 112 Å². The molecule has 2 N–H and O–H groups in total. The smallest absolute Gasteiger partial charge is 0.195 e. The van der Waals surface area contributed by atoms with Crippen molar-refractivity contribution in [2.24, 2.45) is 5.41 Å². The monoisotopic (exact) mass is 252 g/mol. The molecule has 0 aromatic heterocycles. The van der Waals surface area contributed by atoms with Crippen LogP contribution in [0.5, 0.6) is 0 Å². The maximum Gasteiger partial charge on any atom is 0.195 e. The zero-order chi connectivity index (χ0) is 13.6. The molecular formula is C16H30NO+. The summed E-state index contributed by atoms with van der Waals surface area (Å²) in [5, 5.41) is 2.33. The van der Waals surface area contributed by atoms with Gasteiger partial charge >= 0.3 is 0 Å². The van der Waals surface area contributed by atoms with E-state index in [0.717, 1.165) is 26.0 Å². The van der Waals surface area contributed by atoms with Gasteiger partial charge in [0.05, 0.1) is 0 Å². The largest absolute Gasteiger partial charge is 0.323 e. The third kappa shape index (κ3) is 5.36. The predicted octanol–water partition coefficient (Wildman–Crippen LogP) is 3.02. The van der Waals surface area contributed by atoms with Gasteiger partial charge in [-0.2, -0.15) is 0 Å². The molecule has 104 valence electrons. The van der Waals surface area contributed by atoms with E-state index >= 15 is 0 Å². The van der Waals surface area contributed by atoms with Crippen LogP contribution in [0.15, 0.2) is 23.3 Å². The molecular weight excluding hydrogens is 222 g/mol. The van der Waals surface area contributed by atoms with E-state index in [0.29, 0.717) is 6.23 Å². The first-order chi connectivity index (χ1) is 8.42. The van der Waals surface area contributed by atoms with Gasteiger partial charge in [-0.25, -0.2) is 0 Å². The van der Waals surface area contributed by atoms with E-state index in [2.05, 4.69) is 52.1 Å². The Kier molecular flexibility index (Phi) is 6.10. The fourth-order valence-corrected chi connectivity index (χ4v) is 2.27. The number of nitrogens with two attached hydrogens (primary N) is 1. The Morgan fingerprint density at radius 3 is 2.56 bits per heavy atom. The molecule has 0 saturated carbocycles. The number of allylic oxidation sites excluding steroid dienone is 4. The van der Waals surface area contributed by atoms with Crippen LogP contribution in [0.1, 0.15) is 53.9 Å². The van der Waals surface area contributed by atoms with Crippen LogP contribution in [0.25, 0.3) is 0 Å². The Hall–Kier alpha value is -0.600. The molecule has 2 heteroatoms. The quantitative estimate of drug-likeness (QED) is 0.723. The normalized spacial score (nSPS) is 21.2. The Morgan fingerprint density at radius 1 is 1.28 bits per heavy atom. The van der Waals surface area contributed by atoms with Crippen LogP contribution in [0.2, 0.25) is 0 Å². The summed E-state index contributed by atoms with van der Waals surface area (Å²) >= 11 is 0. The number of hydrogen-bond donors (Lipinski definition) is 1. The van der Waals surface area contributed by atoms with Gasteiger partial charge in [0.2, 0.25) is 0 Å². The fourth-order valence-electron chi connectivity index (χ4n) is 2.27. The minimum absolute atomic E-state index is 0.230. The van der Waals surface area contributed by atoms with Crippen LogP contribution >= 0.6 is 0 Å². The average molecular weight is 252 g/mol. The second-order valence-electron chi connectivity index (χ2n) is 6.38. The number of rotatable bonds is 6. The van der Waals surface area contributed by atoms with Crippen molar-refractivity contribution in [2.75, 3.05) is 13.2 Å². The second kappa shape index (κ2) is 7.10. The first-order valence-corrected chi connectivity index (χ1v) is 7.16. The highest BCUT2D eigenvalue weighted by Gasteiger charge is 2.35. The van der Waals surface area contributed by atoms with Crippen LogP contribution in [-0.4, -0.2) is 19.4 Å². The maximum atomic E-state index is 5.77. The summed E-state index contributed by atoms with van der Waals surface area (Å²) in [5.74, 6) is 0. The number of ether oxygens (including phenoxy) is 1. The highest BCUT2D eigenvalue weighted by molar-refractivity contribution is 5.03. The standard InChI is InChI=1S/C16H29NO/c1-13(2)7-6-8-14(3)9-10-16(4,5)15-17-11-12-18-15/h7,9,15,17H,6,8,10-12H2,1-5H3/p+1/t15-/m1/s1. The highest BCUT2D eigenvalue weighted by Crippen LogP contribution is 2.26. The van der Waals surface area contributed by atoms with Crippen molar-refractivity contribution in [1.29, 1.82) is 0 Å². The van der Waals surface area contributed by atoms with Crippen molar-refractivity contribution in [1.82, 2.24) is 0 Å². The van der Waals surface area contributed by atoms with E-state index in [1.807, 2.05) is 0 Å². The molecule has 0 amide bonds. The molecule has 0 bridgehead atoms. The molecule has 0 unspecified atom stereocenters. The molecule has 1 fully saturated rings. The van der Waals surface area contributed by atoms with Gasteiger partial charge < -0.3 is 10.1 Å². The van der Waals surface area contributed by atoms with E-state index < -0.39 is 0 Å². The third-order valence-electron chi connectivity index (χ3n) is 3.63. The highest BCUT2D eigenvalue weighted by atomic mass is 16.5. The van der Waals surface area contributed by atoms with Crippen molar-refractivity contribution in [2.45, 2.75) is 60.1 Å². The van der Waals surface area contributed by atoms with Gasteiger partial charge in [0.15, 0.2) is 6.23 Å². The van der Waals surface area contributed by atoms with E-state index in [1.54, 1.807) is 0 Å². The molecule has 0 spiro atoms. The zero-order valence-corrected chi connectivity index (χ0v) is 12.8. The number of hydrogen-bond acceptors (Lipinski definition) is 1. The van der Waals surface area contributed by atoms with Crippen molar-refractivity contribution < 1.29 is 10.1 Å². The number of quaternary nitrogens is 1. The Balaban J connectivity index is 2.38. The average Bonchev–Trinajstić information content (AvgIpc) is 2.80. The molecule has 1 heterocycles. The van der Waals surface area contributed by atoms with Gasteiger partial charge in [-0.3, -0.25) is 0 Å². The summed E-state index contributed by atoms with van der Waals surface area (Å²) in [6.07, 6.45) is 8.49. The molecule has 0 aromatic carbocycles. The van der Waals surface area contributed by atoms with Crippen LogP contribution in [-0.2, 0) is 4.74 Å². The summed E-state index contributed by atoms with van der Waals surface area (Å²) in [6, 6.07) is 0. The van der Waals surface area contributed by atoms with Crippen molar-refractivity contribution in [3.63, 3.8) is 0 Å². The van der Waals surface area contributed by atoms with Crippen molar-refractivity contribution in [3.8, 4) is 0 Å². The Bertz CT molecular complexity index is 305. The van der Waals surface area contributed by atoms with E-state index in [9.17, 15) is 0 Å². The first-order valence-electron chi connectivity index (χ1n) is 7.16. The van der Waals surface area contributed by atoms with Gasteiger partial charge in [-0.1, -0.05) is 37.1 Å². The predicted molar refractivity (Wildman–Crippen MR) is 77.4 cm³/mol. The molecule has 18 heavy (non-hydrogen) atoms. The molecule has 0 radical (unpaired) electrons. The van der Waals surface area contributed by atoms with Gasteiger partial charge in [-0.05, 0) is 40.0 Å². The lowest BCUT2D eigenvalue weighted by atomic mass is 9.86. The van der Waals surface area contributed by atoms with E-state index in [-0.39, 0.29) is 5.41 Å². The van der Waals surface area contributed by atoms with Crippen LogP contribution < -0.4 is 5.32 Å². The lowest BCUT2D eigenvalue weighted by Gasteiger charge is -2.26. The second-order valence-corrected chi connectivity index (χ2v) is 6.38. The van der Waals surface area contributed by atoms with E-state index in [1.165, 1.54) is 17.6 Å². The first kappa shape index (κ1) is 15.5. The summed E-state index contributed by atoms with van der Waals surface area (Å²) in [7, 11) is 0.